The summed E-state index contributed by atoms with van der Waals surface area (Å²) in [7, 11) is 0. The Bertz CT molecular complexity index is 400. The second kappa shape index (κ2) is 6.78. The van der Waals surface area contributed by atoms with Gasteiger partial charge in [-0.15, -0.1) is 15.3 Å². The Morgan fingerprint density at radius 2 is 1.35 bits per heavy atom. The van der Waals surface area contributed by atoms with Crippen LogP contribution in [0, 0.1) is 0 Å². The second-order valence-corrected chi connectivity index (χ2v) is 15.2. The van der Waals surface area contributed by atoms with Crippen LogP contribution in [0.25, 0.3) is 0 Å². The van der Waals surface area contributed by atoms with Crippen LogP contribution < -0.4 is 0 Å². The van der Waals surface area contributed by atoms with Gasteiger partial charge < -0.3 is 0 Å². The van der Waals surface area contributed by atoms with Crippen LogP contribution in [-0.4, -0.2) is 6.69 Å². The molecule has 1 aromatic rings. The van der Waals surface area contributed by atoms with Crippen molar-refractivity contribution in [2.75, 3.05) is 0 Å². The van der Waals surface area contributed by atoms with Gasteiger partial charge in [-0.1, -0.05) is 91.1 Å². The van der Waals surface area contributed by atoms with Crippen molar-refractivity contribution in [3.8, 4) is 0 Å². The zero-order valence-electron chi connectivity index (χ0n) is 14.1. The van der Waals surface area contributed by atoms with Gasteiger partial charge in [0.15, 0.2) is 0 Å². The highest BCUT2D eigenvalue weighted by Crippen LogP contribution is 2.60. The SMILES string of the molecule is CCC(CC)(CC)[Si](Br)(CC)C(C)(C)c1ccccc1. The quantitative estimate of drug-likeness (QED) is 0.371. The van der Waals surface area contributed by atoms with Crippen molar-refractivity contribution < 1.29 is 0 Å². The fourth-order valence-corrected chi connectivity index (χ4v) is 12.6. The van der Waals surface area contributed by atoms with Crippen LogP contribution in [0.4, 0.5) is 0 Å². The molecule has 0 spiro atoms. The van der Waals surface area contributed by atoms with Crippen LogP contribution >= 0.6 is 15.3 Å². The Morgan fingerprint density at radius 1 is 0.900 bits per heavy atom. The summed E-state index contributed by atoms with van der Waals surface area (Å²) < 4.78 is 0. The van der Waals surface area contributed by atoms with Crippen molar-refractivity contribution in [1.29, 1.82) is 0 Å². The molecule has 2 heteroatoms. The largest absolute Gasteiger partial charge is 0.146 e. The number of benzene rings is 1. The van der Waals surface area contributed by atoms with Crippen molar-refractivity contribution in [2.24, 2.45) is 0 Å². The van der Waals surface area contributed by atoms with Crippen LogP contribution in [0.3, 0.4) is 0 Å². The third-order valence-corrected chi connectivity index (χ3v) is 19.0. The molecule has 0 saturated carbocycles. The van der Waals surface area contributed by atoms with Crippen molar-refractivity contribution in [2.45, 2.75) is 76.9 Å². The molecule has 1 rings (SSSR count). The Morgan fingerprint density at radius 3 is 1.70 bits per heavy atom. The Balaban J connectivity index is 3.42. The minimum Gasteiger partial charge on any atom is -0.125 e. The van der Waals surface area contributed by atoms with Crippen molar-refractivity contribution in [3.63, 3.8) is 0 Å². The number of hydrogen-bond acceptors (Lipinski definition) is 0. The number of rotatable bonds is 7. The molecule has 0 radical (unpaired) electrons. The van der Waals surface area contributed by atoms with Crippen LogP contribution in [0.15, 0.2) is 30.3 Å². The van der Waals surface area contributed by atoms with Gasteiger partial charge in [-0.3, -0.25) is 0 Å². The molecule has 1 unspecified atom stereocenters. The van der Waals surface area contributed by atoms with E-state index in [1.54, 1.807) is 0 Å². The van der Waals surface area contributed by atoms with Crippen LogP contribution in [-0.2, 0) is 5.04 Å². The standard InChI is InChI=1S/C18H31BrSi/c1-7-18(8-2,9-3)20(19,10-4)17(5,6)16-14-12-11-13-15-16/h11-15H,7-10H2,1-6H3. The topological polar surface area (TPSA) is 0 Å². The zero-order chi connectivity index (χ0) is 15.4. The van der Waals surface area contributed by atoms with E-state index in [9.17, 15) is 0 Å². The fourth-order valence-electron chi connectivity index (χ4n) is 4.15. The molecule has 0 bridgehead atoms. The summed E-state index contributed by atoms with van der Waals surface area (Å²) in [6, 6.07) is 12.4. The summed E-state index contributed by atoms with van der Waals surface area (Å²) >= 11 is 4.39. The average molecular weight is 355 g/mol. The Hall–Kier alpha value is -0.0831. The normalized spacial score (nSPS) is 15.9. The summed E-state index contributed by atoms with van der Waals surface area (Å²) in [6.45, 7) is 12.8. The van der Waals surface area contributed by atoms with Gasteiger partial charge in [-0.05, 0) is 21.7 Å². The molecule has 0 aliphatic heterocycles. The molecule has 0 saturated heterocycles. The molecule has 0 aliphatic carbocycles. The van der Waals surface area contributed by atoms with Gasteiger partial charge in [0.05, 0.1) is 0 Å². The van der Waals surface area contributed by atoms with Crippen molar-refractivity contribution in [3.05, 3.63) is 35.9 Å². The minimum atomic E-state index is -1.66. The molecule has 0 N–H and O–H groups in total. The highest BCUT2D eigenvalue weighted by atomic mass is 79.9. The molecule has 114 valence electrons. The predicted molar refractivity (Wildman–Crippen MR) is 98.2 cm³/mol. The fraction of sp³-hybridized carbons (Fsp3) is 0.667. The molecule has 0 aromatic heterocycles. The lowest BCUT2D eigenvalue weighted by Gasteiger charge is -2.53. The lowest BCUT2D eigenvalue weighted by molar-refractivity contribution is 0.460. The van der Waals surface area contributed by atoms with Crippen LogP contribution in [0.5, 0.6) is 0 Å². The maximum atomic E-state index is 4.39. The number of halogens is 1. The maximum Gasteiger partial charge on any atom is 0.146 e. The van der Waals surface area contributed by atoms with E-state index in [0.29, 0.717) is 5.04 Å². The van der Waals surface area contributed by atoms with Gasteiger partial charge in [0.1, 0.15) is 6.69 Å². The molecule has 1 atom stereocenters. The predicted octanol–water partition coefficient (Wildman–Crippen LogP) is 6.83. The van der Waals surface area contributed by atoms with Gasteiger partial charge in [0, 0.05) is 0 Å². The van der Waals surface area contributed by atoms with E-state index in [1.165, 1.54) is 30.9 Å². The summed E-state index contributed by atoms with van der Waals surface area (Å²) in [4.78, 5) is 0. The molecule has 0 heterocycles. The highest BCUT2D eigenvalue weighted by Gasteiger charge is 2.56. The smallest absolute Gasteiger partial charge is 0.125 e. The summed E-state index contributed by atoms with van der Waals surface area (Å²) in [5.41, 5.74) is 1.49. The molecule has 1 aromatic carbocycles. The van der Waals surface area contributed by atoms with Gasteiger partial charge in [-0.2, -0.15) is 0 Å². The Kier molecular flexibility index (Phi) is 6.10. The average Bonchev–Trinajstić information content (AvgIpc) is 2.49. The third kappa shape index (κ3) is 2.66. The van der Waals surface area contributed by atoms with Gasteiger partial charge in [0.2, 0.25) is 0 Å². The first-order valence-electron chi connectivity index (χ1n) is 8.09. The lowest BCUT2D eigenvalue weighted by atomic mass is 9.98. The molecule has 0 aliphatic rings. The second-order valence-electron chi connectivity index (χ2n) is 6.49. The molecule has 0 nitrogen and oxygen atoms in total. The zero-order valence-corrected chi connectivity index (χ0v) is 16.7. The molecule has 20 heavy (non-hydrogen) atoms. The molecular weight excluding hydrogens is 324 g/mol. The summed E-state index contributed by atoms with van der Waals surface area (Å²) in [5.74, 6) is 0. The van der Waals surface area contributed by atoms with Crippen LogP contribution in [0.1, 0.15) is 66.4 Å². The van der Waals surface area contributed by atoms with E-state index in [1.807, 2.05) is 0 Å². The first-order valence-corrected chi connectivity index (χ1v) is 12.6. The van der Waals surface area contributed by atoms with Crippen molar-refractivity contribution >= 4 is 22.0 Å². The summed E-state index contributed by atoms with van der Waals surface area (Å²) in [5, 5.41) is 0.714. The lowest BCUT2D eigenvalue weighted by Crippen LogP contribution is -2.56. The maximum absolute atomic E-state index is 4.39. The highest BCUT2D eigenvalue weighted by molar-refractivity contribution is 9.26. The molecule has 0 fully saturated rings. The third-order valence-electron chi connectivity index (χ3n) is 5.84. The van der Waals surface area contributed by atoms with E-state index in [0.717, 1.165) is 0 Å². The first-order chi connectivity index (χ1) is 9.35. The van der Waals surface area contributed by atoms with Crippen molar-refractivity contribution in [1.82, 2.24) is 0 Å². The molecule has 0 amide bonds. The monoisotopic (exact) mass is 354 g/mol. The molecular formula is C18H31BrSi. The van der Waals surface area contributed by atoms with E-state index >= 15 is 0 Å². The van der Waals surface area contributed by atoms with Gasteiger partial charge in [-0.25, -0.2) is 0 Å². The van der Waals surface area contributed by atoms with E-state index in [-0.39, 0.29) is 5.04 Å². The van der Waals surface area contributed by atoms with Gasteiger partial charge >= 0.3 is 0 Å². The van der Waals surface area contributed by atoms with Crippen LogP contribution in [0.2, 0.25) is 11.1 Å². The minimum absolute atomic E-state index is 0.241. The van der Waals surface area contributed by atoms with Gasteiger partial charge in [0.25, 0.3) is 0 Å². The van der Waals surface area contributed by atoms with E-state index in [4.69, 9.17) is 0 Å². The summed E-state index contributed by atoms with van der Waals surface area (Å²) in [6.07, 6.45) is 3.84. The number of hydrogen-bond donors (Lipinski definition) is 0. The van der Waals surface area contributed by atoms with E-state index < -0.39 is 6.69 Å². The Labute approximate surface area is 135 Å². The first kappa shape index (κ1) is 18.0. The van der Waals surface area contributed by atoms with E-state index in [2.05, 4.69) is 87.2 Å².